The summed E-state index contributed by atoms with van der Waals surface area (Å²) in [7, 11) is 0. The zero-order valence-corrected chi connectivity index (χ0v) is 13.0. The Morgan fingerprint density at radius 3 is 2.41 bits per heavy atom. The molecule has 0 fully saturated rings. The van der Waals surface area contributed by atoms with Crippen molar-refractivity contribution in [3.63, 3.8) is 0 Å². The maximum Gasteiger partial charge on any atom is 0.119 e. The highest BCUT2D eigenvalue weighted by atomic mass is 16.3. The maximum absolute atomic E-state index is 10.1. The lowest BCUT2D eigenvalue weighted by Gasteiger charge is -2.18. The van der Waals surface area contributed by atoms with E-state index in [2.05, 4.69) is 0 Å². The molecule has 22 heavy (non-hydrogen) atoms. The normalized spacial score (nSPS) is 18.5. The van der Waals surface area contributed by atoms with Gasteiger partial charge in [-0.05, 0) is 44.0 Å². The standard InChI is InChI=1S/C19H22O3/c1-13(2)3-10-17-18(21)11-15(12-19(17)22)5-4-14-6-8-16(20)9-7-14/h3-9,11,15,20-22H,10,12H2,1-2H3. The minimum absolute atomic E-state index is 0.0377. The molecule has 0 spiro atoms. The minimum Gasteiger partial charge on any atom is -0.512 e. The lowest BCUT2D eigenvalue weighted by atomic mass is 9.91. The summed E-state index contributed by atoms with van der Waals surface area (Å²) >= 11 is 0. The fourth-order valence-corrected chi connectivity index (χ4v) is 2.33. The molecule has 1 aliphatic carbocycles. The van der Waals surface area contributed by atoms with Gasteiger partial charge in [0.05, 0.1) is 0 Å². The van der Waals surface area contributed by atoms with Crippen LogP contribution in [0.3, 0.4) is 0 Å². The molecule has 3 N–H and O–H groups in total. The van der Waals surface area contributed by atoms with Gasteiger partial charge in [-0.1, -0.05) is 35.9 Å². The van der Waals surface area contributed by atoms with E-state index in [1.165, 1.54) is 0 Å². The van der Waals surface area contributed by atoms with Crippen molar-refractivity contribution in [3.05, 3.63) is 70.7 Å². The minimum atomic E-state index is -0.0377. The Hall–Kier alpha value is -2.42. The highest BCUT2D eigenvalue weighted by Crippen LogP contribution is 2.30. The Morgan fingerprint density at radius 1 is 1.14 bits per heavy atom. The van der Waals surface area contributed by atoms with E-state index in [4.69, 9.17) is 0 Å². The number of rotatable bonds is 4. The Bertz CT molecular complexity index is 642. The number of phenols is 1. The quantitative estimate of drug-likeness (QED) is 0.683. The van der Waals surface area contributed by atoms with Crippen LogP contribution in [0, 0.1) is 5.92 Å². The molecular formula is C19H22O3. The maximum atomic E-state index is 10.1. The third-order valence-electron chi connectivity index (χ3n) is 3.60. The summed E-state index contributed by atoms with van der Waals surface area (Å²) in [6.07, 6.45) is 8.65. The zero-order valence-electron chi connectivity index (χ0n) is 13.0. The van der Waals surface area contributed by atoms with E-state index in [1.54, 1.807) is 18.2 Å². The molecule has 0 aromatic heterocycles. The molecule has 3 nitrogen and oxygen atoms in total. The van der Waals surface area contributed by atoms with E-state index in [1.807, 2.05) is 44.2 Å². The Kier molecular flexibility index (Phi) is 5.10. The van der Waals surface area contributed by atoms with Crippen LogP contribution >= 0.6 is 0 Å². The molecule has 1 aliphatic rings. The second kappa shape index (κ2) is 7.03. The number of aromatic hydroxyl groups is 1. The van der Waals surface area contributed by atoms with E-state index in [0.29, 0.717) is 18.4 Å². The van der Waals surface area contributed by atoms with Gasteiger partial charge in [-0.15, -0.1) is 0 Å². The number of hydrogen-bond donors (Lipinski definition) is 3. The van der Waals surface area contributed by atoms with Crippen molar-refractivity contribution < 1.29 is 15.3 Å². The fraction of sp³-hybridized carbons (Fsp3) is 0.263. The highest BCUT2D eigenvalue weighted by Gasteiger charge is 2.19. The molecule has 0 aliphatic heterocycles. The lowest BCUT2D eigenvalue weighted by molar-refractivity contribution is 0.338. The van der Waals surface area contributed by atoms with E-state index >= 15 is 0 Å². The van der Waals surface area contributed by atoms with Crippen LogP contribution < -0.4 is 0 Å². The van der Waals surface area contributed by atoms with Crippen molar-refractivity contribution in [3.8, 4) is 5.75 Å². The summed E-state index contributed by atoms with van der Waals surface area (Å²) in [6.45, 7) is 3.98. The summed E-state index contributed by atoms with van der Waals surface area (Å²) in [4.78, 5) is 0. The fourth-order valence-electron chi connectivity index (χ4n) is 2.33. The first-order valence-corrected chi connectivity index (χ1v) is 7.38. The van der Waals surface area contributed by atoms with Crippen LogP contribution in [0.5, 0.6) is 5.75 Å². The summed E-state index contributed by atoms with van der Waals surface area (Å²) in [5.74, 6) is 0.598. The lowest BCUT2D eigenvalue weighted by Crippen LogP contribution is -2.08. The Balaban J connectivity index is 2.08. The molecule has 0 radical (unpaired) electrons. The van der Waals surface area contributed by atoms with E-state index in [9.17, 15) is 15.3 Å². The van der Waals surface area contributed by atoms with Gasteiger partial charge in [0.25, 0.3) is 0 Å². The topological polar surface area (TPSA) is 60.7 Å². The highest BCUT2D eigenvalue weighted by molar-refractivity contribution is 5.51. The van der Waals surface area contributed by atoms with Crippen molar-refractivity contribution in [2.75, 3.05) is 0 Å². The predicted octanol–water partition coefficient (Wildman–Crippen LogP) is 5.04. The first kappa shape index (κ1) is 16.0. The molecule has 2 rings (SSSR count). The van der Waals surface area contributed by atoms with Crippen LogP contribution in [0.4, 0.5) is 0 Å². The number of hydrogen-bond acceptors (Lipinski definition) is 3. The predicted molar refractivity (Wildman–Crippen MR) is 89.7 cm³/mol. The third-order valence-corrected chi connectivity index (χ3v) is 3.60. The van der Waals surface area contributed by atoms with Gasteiger partial charge in [0, 0.05) is 17.9 Å². The number of phenolic OH excluding ortho intramolecular Hbond substituents is 1. The molecule has 1 aromatic carbocycles. The average Bonchev–Trinajstić information content (AvgIpc) is 2.45. The molecule has 1 aromatic rings. The molecule has 116 valence electrons. The molecule has 0 saturated heterocycles. The van der Waals surface area contributed by atoms with Gasteiger partial charge in [0.15, 0.2) is 0 Å². The number of benzene rings is 1. The van der Waals surface area contributed by atoms with Crippen LogP contribution in [0.2, 0.25) is 0 Å². The van der Waals surface area contributed by atoms with Gasteiger partial charge in [0.1, 0.15) is 17.3 Å². The van der Waals surface area contributed by atoms with E-state index in [0.717, 1.165) is 11.1 Å². The first-order valence-electron chi connectivity index (χ1n) is 7.38. The van der Waals surface area contributed by atoms with Crippen LogP contribution in [-0.2, 0) is 0 Å². The summed E-state index contributed by atoms with van der Waals surface area (Å²) in [5.41, 5.74) is 2.72. The molecule has 3 heteroatoms. The number of aliphatic hydroxyl groups is 2. The van der Waals surface area contributed by atoms with Gasteiger partial charge in [-0.25, -0.2) is 0 Å². The van der Waals surface area contributed by atoms with Crippen molar-refractivity contribution in [2.24, 2.45) is 5.92 Å². The second-order valence-electron chi connectivity index (χ2n) is 5.78. The molecule has 0 saturated carbocycles. The zero-order chi connectivity index (χ0) is 16.1. The van der Waals surface area contributed by atoms with Crippen molar-refractivity contribution >= 4 is 6.08 Å². The summed E-state index contributed by atoms with van der Waals surface area (Å²) in [5, 5.41) is 29.5. The number of aliphatic hydroxyl groups excluding tert-OH is 2. The molecule has 0 heterocycles. The molecule has 1 unspecified atom stereocenters. The van der Waals surface area contributed by atoms with Crippen LogP contribution in [0.25, 0.3) is 6.08 Å². The van der Waals surface area contributed by atoms with Crippen molar-refractivity contribution in [2.45, 2.75) is 26.7 Å². The van der Waals surface area contributed by atoms with Crippen LogP contribution in [-0.4, -0.2) is 15.3 Å². The average molecular weight is 298 g/mol. The monoisotopic (exact) mass is 298 g/mol. The largest absolute Gasteiger partial charge is 0.512 e. The van der Waals surface area contributed by atoms with Crippen molar-refractivity contribution in [1.29, 1.82) is 0 Å². The van der Waals surface area contributed by atoms with Gasteiger partial charge >= 0.3 is 0 Å². The van der Waals surface area contributed by atoms with Crippen LogP contribution in [0.1, 0.15) is 32.3 Å². The van der Waals surface area contributed by atoms with Gasteiger partial charge in [-0.2, -0.15) is 0 Å². The third kappa shape index (κ3) is 4.29. The summed E-state index contributed by atoms with van der Waals surface area (Å²) in [6, 6.07) is 6.88. The van der Waals surface area contributed by atoms with E-state index < -0.39 is 0 Å². The molecular weight excluding hydrogens is 276 g/mol. The van der Waals surface area contributed by atoms with Gasteiger partial charge < -0.3 is 15.3 Å². The van der Waals surface area contributed by atoms with Gasteiger partial charge in [-0.3, -0.25) is 0 Å². The van der Waals surface area contributed by atoms with Crippen molar-refractivity contribution in [1.82, 2.24) is 0 Å². The van der Waals surface area contributed by atoms with E-state index in [-0.39, 0.29) is 23.2 Å². The Labute approximate surface area is 131 Å². The smallest absolute Gasteiger partial charge is 0.119 e. The summed E-state index contributed by atoms with van der Waals surface area (Å²) < 4.78 is 0. The van der Waals surface area contributed by atoms with Crippen LogP contribution in [0.15, 0.2) is 65.2 Å². The second-order valence-corrected chi connectivity index (χ2v) is 5.78. The molecule has 0 bridgehead atoms. The van der Waals surface area contributed by atoms with Gasteiger partial charge in [0.2, 0.25) is 0 Å². The first-order chi connectivity index (χ1) is 10.5. The SMILES string of the molecule is CC(C)=CCC1=C(O)CC(C=Cc2ccc(O)cc2)C=C1O. The Morgan fingerprint density at radius 2 is 1.82 bits per heavy atom. The molecule has 0 amide bonds. The number of allylic oxidation sites excluding steroid dienone is 6. The molecule has 1 atom stereocenters.